The van der Waals surface area contributed by atoms with Crippen molar-refractivity contribution < 1.29 is 1.43 Å². The maximum Gasteiger partial charge on any atom is 0.238 e. The molecule has 0 aliphatic rings. The van der Waals surface area contributed by atoms with Gasteiger partial charge in [-0.3, -0.25) is 4.57 Å². The second-order valence-corrected chi connectivity index (χ2v) is 11.8. The van der Waals surface area contributed by atoms with Crippen LogP contribution in [-0.2, 0) is 0 Å². The van der Waals surface area contributed by atoms with Crippen LogP contribution in [0.2, 0.25) is 0 Å². The van der Waals surface area contributed by atoms with Crippen LogP contribution in [-0.4, -0.2) is 29.1 Å². The van der Waals surface area contributed by atoms with Crippen molar-refractivity contribution in [1.29, 1.82) is 0 Å². The van der Waals surface area contributed by atoms with Crippen molar-refractivity contribution in [3.05, 3.63) is 152 Å². The Morgan fingerprint density at radius 1 is 0.468 bits per heavy atom. The highest BCUT2D eigenvalue weighted by atomic mass is 15.2. The van der Waals surface area contributed by atoms with Gasteiger partial charge in [-0.15, -0.1) is 0 Å². The molecule has 47 heavy (non-hydrogen) atoms. The monoisotopic (exact) mass is 604 g/mol. The predicted molar refractivity (Wildman–Crippen MR) is 193 cm³/mol. The van der Waals surface area contributed by atoms with E-state index in [4.69, 9.17) is 15.0 Å². The average molecular weight is 605 g/mol. The fourth-order valence-corrected chi connectivity index (χ4v) is 6.99. The molecule has 6 nitrogen and oxygen atoms in total. The first-order valence-electron chi connectivity index (χ1n) is 15.7. The van der Waals surface area contributed by atoms with Gasteiger partial charge in [-0.25, -0.2) is 4.98 Å². The van der Waals surface area contributed by atoms with E-state index in [2.05, 4.69) is 105 Å². The number of para-hydroxylation sites is 2. The summed E-state index contributed by atoms with van der Waals surface area (Å²) in [5, 5.41) is 5.96. The number of benzene rings is 6. The molecule has 0 aliphatic heterocycles. The Bertz CT molecular complexity index is 2740. The number of hydrogen-bond acceptors (Lipinski definition) is 3. The van der Waals surface area contributed by atoms with Gasteiger partial charge in [0.2, 0.25) is 5.95 Å². The van der Waals surface area contributed by atoms with Gasteiger partial charge in [0.15, 0.2) is 11.6 Å². The highest BCUT2D eigenvalue weighted by molar-refractivity contribution is 6.17. The number of nitrogens with one attached hydrogen (secondary N) is 1. The maximum absolute atomic E-state index is 5.06. The average Bonchev–Trinajstić information content (AvgIpc) is 3.84. The van der Waals surface area contributed by atoms with Crippen LogP contribution in [0.15, 0.2) is 152 Å². The van der Waals surface area contributed by atoms with Crippen LogP contribution < -0.4 is 0 Å². The number of aromatic nitrogens is 6. The van der Waals surface area contributed by atoms with E-state index in [0.29, 0.717) is 17.6 Å². The minimum atomic E-state index is 0. The van der Waals surface area contributed by atoms with Crippen LogP contribution in [0.25, 0.3) is 88.9 Å². The molecule has 6 aromatic carbocycles. The van der Waals surface area contributed by atoms with E-state index >= 15 is 0 Å². The zero-order valence-corrected chi connectivity index (χ0v) is 25.2. The van der Waals surface area contributed by atoms with Gasteiger partial charge in [-0.2, -0.15) is 9.97 Å². The molecule has 0 saturated heterocycles. The van der Waals surface area contributed by atoms with Crippen molar-refractivity contribution in [1.82, 2.24) is 29.1 Å². The van der Waals surface area contributed by atoms with Crippen molar-refractivity contribution in [3.63, 3.8) is 0 Å². The summed E-state index contributed by atoms with van der Waals surface area (Å²) in [6.07, 6.45) is 2.17. The van der Waals surface area contributed by atoms with Crippen LogP contribution in [0.4, 0.5) is 0 Å². The second kappa shape index (κ2) is 9.99. The lowest BCUT2D eigenvalue weighted by Crippen LogP contribution is -2.06. The predicted octanol–water partition coefficient (Wildman–Crippen LogP) is 10.1. The third kappa shape index (κ3) is 3.95. The number of rotatable bonds is 4. The summed E-state index contributed by atoms with van der Waals surface area (Å²) in [5.41, 5.74) is 8.54. The van der Waals surface area contributed by atoms with Gasteiger partial charge in [0.1, 0.15) is 0 Å². The fourth-order valence-electron chi connectivity index (χ4n) is 6.99. The number of nitrogens with zero attached hydrogens (tertiary/aromatic N) is 5. The van der Waals surface area contributed by atoms with Crippen molar-refractivity contribution in [2.75, 3.05) is 0 Å². The van der Waals surface area contributed by atoms with E-state index in [9.17, 15) is 0 Å². The number of aromatic amines is 1. The topological polar surface area (TPSA) is 64.3 Å². The molecule has 4 aromatic heterocycles. The molecule has 0 atom stereocenters. The zero-order valence-electron chi connectivity index (χ0n) is 25.2. The molecule has 0 fully saturated rings. The van der Waals surface area contributed by atoms with Crippen LogP contribution in [0, 0.1) is 0 Å². The smallest absolute Gasteiger partial charge is 0.238 e. The van der Waals surface area contributed by atoms with Gasteiger partial charge in [0, 0.05) is 56.9 Å². The molecule has 0 bridgehead atoms. The van der Waals surface area contributed by atoms with E-state index in [0.717, 1.165) is 49.7 Å². The molecular weight excluding hydrogens is 576 g/mol. The quantitative estimate of drug-likeness (QED) is 0.217. The maximum atomic E-state index is 5.06. The summed E-state index contributed by atoms with van der Waals surface area (Å²) < 4.78 is 4.44. The lowest BCUT2D eigenvalue weighted by atomic mass is 10.1. The second-order valence-electron chi connectivity index (χ2n) is 11.8. The van der Waals surface area contributed by atoms with Gasteiger partial charge in [0.25, 0.3) is 0 Å². The number of hydrogen-bond donors (Lipinski definition) is 1. The third-order valence-corrected chi connectivity index (χ3v) is 9.17. The lowest BCUT2D eigenvalue weighted by Gasteiger charge is -2.11. The first kappa shape index (κ1) is 25.8. The summed E-state index contributed by atoms with van der Waals surface area (Å²) >= 11 is 0. The van der Waals surface area contributed by atoms with E-state index in [1.165, 1.54) is 21.7 Å². The summed E-state index contributed by atoms with van der Waals surface area (Å²) in [7, 11) is 0. The number of H-pyrrole nitrogens is 1. The molecule has 6 heteroatoms. The molecule has 1 N–H and O–H groups in total. The molecule has 4 heterocycles. The molecule has 0 saturated carbocycles. The molecule has 10 aromatic rings. The van der Waals surface area contributed by atoms with Crippen LogP contribution in [0.5, 0.6) is 0 Å². The molecule has 0 unspecified atom stereocenters. The Labute approximate surface area is 270 Å². The van der Waals surface area contributed by atoms with Crippen LogP contribution in [0.1, 0.15) is 1.43 Å². The molecule has 222 valence electrons. The summed E-state index contributed by atoms with van der Waals surface area (Å²) in [4.78, 5) is 18.7. The molecule has 0 amide bonds. The lowest BCUT2D eigenvalue weighted by molar-refractivity contribution is 0.953. The van der Waals surface area contributed by atoms with Gasteiger partial charge >= 0.3 is 0 Å². The molecule has 0 radical (unpaired) electrons. The fraction of sp³-hybridized carbons (Fsp3) is 0. The van der Waals surface area contributed by atoms with Crippen LogP contribution in [0.3, 0.4) is 0 Å². The number of fused-ring (bicyclic) bond motifs is 8. The minimum absolute atomic E-state index is 0. The molecule has 0 spiro atoms. The van der Waals surface area contributed by atoms with E-state index in [1.54, 1.807) is 0 Å². The van der Waals surface area contributed by atoms with Crippen molar-refractivity contribution in [2.45, 2.75) is 0 Å². The SMILES string of the molecule is [HH].c1ccc(-c2nc(-c3ccccc3)nc(-n3c4ccccc4c4cc(-n5ccc6c7[nH]c8ccccc8c7ccc65)ccc43)n2)cc1. The Morgan fingerprint density at radius 2 is 1.11 bits per heavy atom. The van der Waals surface area contributed by atoms with Gasteiger partial charge in [-0.05, 0) is 42.5 Å². The van der Waals surface area contributed by atoms with Crippen molar-refractivity contribution in [2.24, 2.45) is 0 Å². The summed E-state index contributed by atoms with van der Waals surface area (Å²) in [5.74, 6) is 1.86. The summed E-state index contributed by atoms with van der Waals surface area (Å²) in [6, 6.07) is 50.5. The Morgan fingerprint density at radius 3 is 1.87 bits per heavy atom. The van der Waals surface area contributed by atoms with Crippen molar-refractivity contribution in [3.8, 4) is 34.4 Å². The van der Waals surface area contributed by atoms with Gasteiger partial charge in [0.05, 0.1) is 22.1 Å². The molecule has 0 aliphatic carbocycles. The first-order chi connectivity index (χ1) is 23.3. The molecular formula is C41H28N6. The Hall–Kier alpha value is -6.53. The normalized spacial score (nSPS) is 11.8. The Kier molecular flexibility index (Phi) is 5.48. The summed E-state index contributed by atoms with van der Waals surface area (Å²) in [6.45, 7) is 0. The zero-order chi connectivity index (χ0) is 30.9. The van der Waals surface area contributed by atoms with Gasteiger partial charge in [-0.1, -0.05) is 103 Å². The highest BCUT2D eigenvalue weighted by Gasteiger charge is 2.19. The van der Waals surface area contributed by atoms with E-state index in [1.807, 2.05) is 60.7 Å². The van der Waals surface area contributed by atoms with E-state index in [-0.39, 0.29) is 1.43 Å². The van der Waals surface area contributed by atoms with E-state index < -0.39 is 0 Å². The van der Waals surface area contributed by atoms with Gasteiger partial charge < -0.3 is 9.55 Å². The third-order valence-electron chi connectivity index (χ3n) is 9.17. The standard InChI is InChI=1S/C41H26N6.H2/c1-3-11-26(12-4-1)39-43-40(27-13-5-2-6-14-27)45-41(44-39)47-36-18-10-8-16-30(36)33-25-28(19-21-37(33)47)46-24-23-32-35(46)22-20-31-29-15-7-9-17-34(29)42-38(31)32;/h1-25,42H;1H. The molecule has 10 rings (SSSR count). The minimum Gasteiger partial charge on any atom is -0.354 e. The largest absolute Gasteiger partial charge is 0.354 e. The highest BCUT2D eigenvalue weighted by Crippen LogP contribution is 2.36. The first-order valence-corrected chi connectivity index (χ1v) is 15.7. The van der Waals surface area contributed by atoms with Crippen LogP contribution >= 0.6 is 0 Å². The van der Waals surface area contributed by atoms with Crippen molar-refractivity contribution >= 4 is 54.5 Å². The Balaban J connectivity index is 0.00000314.